The molecule has 1 heterocycles. The number of aliphatic carboxylic acids is 1. The summed E-state index contributed by atoms with van der Waals surface area (Å²) in [4.78, 5) is 10.9. The molecule has 3 atom stereocenters. The summed E-state index contributed by atoms with van der Waals surface area (Å²) in [6.45, 7) is 2.14. The van der Waals surface area contributed by atoms with Gasteiger partial charge >= 0.3 is 5.97 Å². The zero-order valence-electron chi connectivity index (χ0n) is 17.7. The van der Waals surface area contributed by atoms with Crippen LogP contribution in [0.3, 0.4) is 0 Å². The lowest BCUT2D eigenvalue weighted by atomic mass is 9.98. The van der Waals surface area contributed by atoms with Crippen LogP contribution >= 0.6 is 0 Å². The van der Waals surface area contributed by atoms with Crippen molar-refractivity contribution in [2.24, 2.45) is 0 Å². The summed E-state index contributed by atoms with van der Waals surface area (Å²) in [6.07, 6.45) is 8.67. The van der Waals surface area contributed by atoms with Crippen LogP contribution < -0.4 is 0 Å². The summed E-state index contributed by atoms with van der Waals surface area (Å²) in [5.74, 6) is -0.933. The lowest BCUT2D eigenvalue weighted by molar-refractivity contribution is -0.137. The molecule has 0 radical (unpaired) electrons. The number of aliphatic hydroxyl groups is 2. The van der Waals surface area contributed by atoms with Gasteiger partial charge in [0.15, 0.2) is 0 Å². The van der Waals surface area contributed by atoms with E-state index in [9.17, 15) is 15.0 Å². The maximum atomic E-state index is 10.9. The fourth-order valence-corrected chi connectivity index (χ4v) is 4.34. The average Bonchev–Trinajstić information content (AvgIpc) is 3.21. The molecule has 3 rings (SSSR count). The van der Waals surface area contributed by atoms with E-state index < -0.39 is 18.2 Å². The van der Waals surface area contributed by atoms with Gasteiger partial charge in [-0.1, -0.05) is 56.5 Å². The lowest BCUT2D eigenvalue weighted by Crippen LogP contribution is -2.14. The van der Waals surface area contributed by atoms with Crippen molar-refractivity contribution in [2.45, 2.75) is 76.4 Å². The molecule has 0 aliphatic heterocycles. The summed E-state index contributed by atoms with van der Waals surface area (Å²) >= 11 is 0. The van der Waals surface area contributed by atoms with E-state index in [4.69, 9.17) is 5.11 Å². The Balaban J connectivity index is 1.85. The third kappa shape index (κ3) is 5.41. The number of aliphatic hydroxyl groups excluding tert-OH is 2. The highest BCUT2D eigenvalue weighted by Crippen LogP contribution is 2.39. The van der Waals surface area contributed by atoms with Crippen LogP contribution in [0.1, 0.15) is 68.3 Å². The van der Waals surface area contributed by atoms with Crippen LogP contribution in [0.4, 0.5) is 0 Å². The quantitative estimate of drug-likeness (QED) is 0.378. The fourth-order valence-electron chi connectivity index (χ4n) is 4.34. The SMILES string of the molecule is CCCCCC(O)C=CC1c2cc(CCCC(=O)O)n(-c3ccccc3)c2CC1O. The number of hydrogen-bond acceptors (Lipinski definition) is 3. The Bertz CT molecular complexity index is 856. The van der Waals surface area contributed by atoms with Gasteiger partial charge in [0.05, 0.1) is 12.2 Å². The number of unbranched alkanes of at least 4 members (excludes halogenated alkanes) is 2. The number of carboxylic acid groups (broad SMARTS) is 1. The number of benzene rings is 1. The second kappa shape index (κ2) is 10.6. The molecule has 1 aromatic heterocycles. The summed E-state index contributed by atoms with van der Waals surface area (Å²) in [5.41, 5.74) is 4.25. The van der Waals surface area contributed by atoms with Crippen molar-refractivity contribution in [3.8, 4) is 5.69 Å². The Morgan fingerprint density at radius 3 is 2.70 bits per heavy atom. The van der Waals surface area contributed by atoms with Crippen molar-refractivity contribution in [2.75, 3.05) is 0 Å². The smallest absolute Gasteiger partial charge is 0.303 e. The number of hydrogen-bond donors (Lipinski definition) is 3. The van der Waals surface area contributed by atoms with Crippen molar-refractivity contribution in [1.29, 1.82) is 0 Å². The van der Waals surface area contributed by atoms with Gasteiger partial charge in [0.2, 0.25) is 0 Å². The third-order valence-corrected chi connectivity index (χ3v) is 5.87. The number of nitrogens with zero attached hydrogens (tertiary/aromatic N) is 1. The van der Waals surface area contributed by atoms with Gasteiger partial charge in [0, 0.05) is 35.8 Å². The van der Waals surface area contributed by atoms with Gasteiger partial charge in [-0.3, -0.25) is 4.79 Å². The number of rotatable bonds is 11. The van der Waals surface area contributed by atoms with E-state index in [1.165, 1.54) is 0 Å². The van der Waals surface area contributed by atoms with Crippen molar-refractivity contribution in [3.05, 3.63) is 65.5 Å². The minimum atomic E-state index is -0.784. The molecule has 0 saturated carbocycles. The molecule has 3 unspecified atom stereocenters. The van der Waals surface area contributed by atoms with E-state index in [-0.39, 0.29) is 12.3 Å². The lowest BCUT2D eigenvalue weighted by Gasteiger charge is -2.14. The van der Waals surface area contributed by atoms with Gasteiger partial charge in [0.25, 0.3) is 0 Å². The largest absolute Gasteiger partial charge is 0.481 e. The zero-order chi connectivity index (χ0) is 21.5. The van der Waals surface area contributed by atoms with Crippen LogP contribution in [0, 0.1) is 0 Å². The number of aryl methyl sites for hydroxylation is 1. The molecule has 1 aliphatic rings. The van der Waals surface area contributed by atoms with E-state index >= 15 is 0 Å². The van der Waals surface area contributed by atoms with E-state index in [1.54, 1.807) is 0 Å². The van der Waals surface area contributed by atoms with Crippen molar-refractivity contribution >= 4 is 5.97 Å². The molecule has 162 valence electrons. The second-order valence-corrected chi connectivity index (χ2v) is 8.20. The minimum absolute atomic E-state index is 0.139. The Morgan fingerprint density at radius 1 is 1.23 bits per heavy atom. The molecular weight excluding hydrogens is 378 g/mol. The molecule has 1 aliphatic carbocycles. The van der Waals surface area contributed by atoms with Crippen LogP contribution in [0.15, 0.2) is 48.6 Å². The van der Waals surface area contributed by atoms with Crippen LogP contribution in [-0.2, 0) is 17.6 Å². The summed E-state index contributed by atoms with van der Waals surface area (Å²) in [6, 6.07) is 12.1. The maximum Gasteiger partial charge on any atom is 0.303 e. The molecular formula is C25H33NO4. The monoisotopic (exact) mass is 411 g/mol. The third-order valence-electron chi connectivity index (χ3n) is 5.87. The fraction of sp³-hybridized carbons (Fsp3) is 0.480. The highest BCUT2D eigenvalue weighted by atomic mass is 16.4. The summed E-state index contributed by atoms with van der Waals surface area (Å²) in [7, 11) is 0. The highest BCUT2D eigenvalue weighted by molar-refractivity contribution is 5.66. The maximum absolute atomic E-state index is 10.9. The Morgan fingerprint density at radius 2 is 2.00 bits per heavy atom. The minimum Gasteiger partial charge on any atom is -0.481 e. The Labute approximate surface area is 178 Å². The van der Waals surface area contributed by atoms with Crippen LogP contribution in [0.25, 0.3) is 5.69 Å². The molecule has 5 nitrogen and oxygen atoms in total. The van der Waals surface area contributed by atoms with Crippen LogP contribution in [0.5, 0.6) is 0 Å². The van der Waals surface area contributed by atoms with E-state index in [1.807, 2.05) is 42.5 Å². The molecule has 3 N–H and O–H groups in total. The van der Waals surface area contributed by atoms with E-state index in [0.29, 0.717) is 19.3 Å². The Kier molecular flexibility index (Phi) is 7.88. The molecule has 2 aromatic rings. The molecule has 0 fully saturated rings. The van der Waals surface area contributed by atoms with E-state index in [0.717, 1.165) is 48.3 Å². The first kappa shape index (κ1) is 22.3. The first-order valence-corrected chi connectivity index (χ1v) is 11.1. The van der Waals surface area contributed by atoms with Crippen molar-refractivity contribution in [1.82, 2.24) is 4.57 Å². The molecule has 0 saturated heterocycles. The van der Waals surface area contributed by atoms with Gasteiger partial charge in [0.1, 0.15) is 0 Å². The van der Waals surface area contributed by atoms with Crippen LogP contribution in [0.2, 0.25) is 0 Å². The molecule has 0 amide bonds. The summed E-state index contributed by atoms with van der Waals surface area (Å²) in [5, 5.41) is 30.0. The zero-order valence-corrected chi connectivity index (χ0v) is 17.7. The number of aromatic nitrogens is 1. The topological polar surface area (TPSA) is 82.7 Å². The first-order valence-electron chi connectivity index (χ1n) is 11.1. The number of fused-ring (bicyclic) bond motifs is 1. The van der Waals surface area contributed by atoms with Crippen LogP contribution in [-0.4, -0.2) is 38.1 Å². The predicted molar refractivity (Wildman–Crippen MR) is 118 cm³/mol. The second-order valence-electron chi connectivity index (χ2n) is 8.20. The first-order chi connectivity index (χ1) is 14.5. The Hall–Kier alpha value is -2.37. The van der Waals surface area contributed by atoms with Gasteiger partial charge in [-0.25, -0.2) is 0 Å². The van der Waals surface area contributed by atoms with Gasteiger partial charge in [-0.2, -0.15) is 0 Å². The number of carbonyl (C=O) groups is 1. The van der Waals surface area contributed by atoms with E-state index in [2.05, 4.69) is 17.6 Å². The predicted octanol–water partition coefficient (Wildman–Crippen LogP) is 4.38. The van der Waals surface area contributed by atoms with Gasteiger partial charge in [-0.05, 0) is 43.0 Å². The standard InChI is InChI=1S/C25H33NO4/c1-2-3-5-12-20(27)14-15-21-22-16-19(11-8-13-25(29)30)26(23(22)17-24(21)28)18-9-6-4-7-10-18/h4,6-7,9-10,14-16,20-21,24,27-28H,2-3,5,8,11-13,17H2,1H3,(H,29,30). The molecule has 1 aromatic carbocycles. The molecule has 5 heteroatoms. The highest BCUT2D eigenvalue weighted by Gasteiger charge is 2.34. The number of para-hydroxylation sites is 1. The average molecular weight is 412 g/mol. The van der Waals surface area contributed by atoms with Crippen molar-refractivity contribution < 1.29 is 20.1 Å². The summed E-state index contributed by atoms with van der Waals surface area (Å²) < 4.78 is 2.17. The van der Waals surface area contributed by atoms with Gasteiger partial charge in [-0.15, -0.1) is 0 Å². The number of carboxylic acids is 1. The van der Waals surface area contributed by atoms with Crippen molar-refractivity contribution in [3.63, 3.8) is 0 Å². The molecule has 0 bridgehead atoms. The normalized spacial score (nSPS) is 19.3. The van der Waals surface area contributed by atoms with Gasteiger partial charge < -0.3 is 19.9 Å². The molecule has 0 spiro atoms. The molecule has 30 heavy (non-hydrogen) atoms.